The van der Waals surface area contributed by atoms with Crippen LogP contribution in [0.25, 0.3) is 0 Å². The van der Waals surface area contributed by atoms with Crippen molar-refractivity contribution in [1.29, 1.82) is 0 Å². The van der Waals surface area contributed by atoms with Gasteiger partial charge in [-0.2, -0.15) is 0 Å². The fraction of sp³-hybridized carbons (Fsp3) is 0.800. The molecule has 70 valence electrons. The van der Waals surface area contributed by atoms with Crippen LogP contribution in [0.2, 0.25) is 0 Å². The summed E-state index contributed by atoms with van der Waals surface area (Å²) in [6.45, 7) is 5.88. The number of hydrogen-bond acceptors (Lipinski definition) is 2. The second-order valence-corrected chi connectivity index (χ2v) is 3.76. The molecular formula is C10H19NO. The Bertz CT molecular complexity index is 141. The topological polar surface area (TPSA) is 32.3 Å². The summed E-state index contributed by atoms with van der Waals surface area (Å²) in [4.78, 5) is 0. The van der Waals surface area contributed by atoms with Crippen LogP contribution in [0, 0.1) is 0 Å². The van der Waals surface area contributed by atoms with Gasteiger partial charge in [-0.15, -0.1) is 6.58 Å². The van der Waals surface area contributed by atoms with Gasteiger partial charge in [0.25, 0.3) is 0 Å². The molecule has 1 rings (SSSR count). The van der Waals surface area contributed by atoms with Gasteiger partial charge in [0.15, 0.2) is 0 Å². The lowest BCUT2D eigenvalue weighted by molar-refractivity contribution is 0.0582. The second kappa shape index (κ2) is 4.63. The highest BCUT2D eigenvalue weighted by Gasteiger charge is 2.27. The zero-order chi connectivity index (χ0) is 8.97. The summed E-state index contributed by atoms with van der Waals surface area (Å²) >= 11 is 0. The van der Waals surface area contributed by atoms with E-state index in [1.54, 1.807) is 0 Å². The summed E-state index contributed by atoms with van der Waals surface area (Å²) in [7, 11) is 0. The monoisotopic (exact) mass is 169 g/mol. The molecule has 0 spiro atoms. The van der Waals surface area contributed by atoms with Crippen LogP contribution >= 0.6 is 0 Å². The lowest BCUT2D eigenvalue weighted by Gasteiger charge is -2.34. The second-order valence-electron chi connectivity index (χ2n) is 3.76. The van der Waals surface area contributed by atoms with Crippen molar-refractivity contribution in [1.82, 2.24) is 5.32 Å². The SMILES string of the molecule is C=CCCC(C)NC1CC(O)C1. The van der Waals surface area contributed by atoms with E-state index in [0.29, 0.717) is 12.1 Å². The summed E-state index contributed by atoms with van der Waals surface area (Å²) in [6, 6.07) is 1.11. The molecule has 0 aromatic rings. The van der Waals surface area contributed by atoms with Gasteiger partial charge in [0.1, 0.15) is 0 Å². The van der Waals surface area contributed by atoms with Crippen LogP contribution in [0.3, 0.4) is 0 Å². The van der Waals surface area contributed by atoms with Crippen LogP contribution in [-0.4, -0.2) is 23.3 Å². The summed E-state index contributed by atoms with van der Waals surface area (Å²) in [5.74, 6) is 0. The first-order chi connectivity index (χ1) is 5.72. The predicted molar refractivity (Wildman–Crippen MR) is 51.1 cm³/mol. The first-order valence-electron chi connectivity index (χ1n) is 4.77. The van der Waals surface area contributed by atoms with Gasteiger partial charge in [0.05, 0.1) is 6.10 Å². The van der Waals surface area contributed by atoms with Crippen molar-refractivity contribution in [3.8, 4) is 0 Å². The van der Waals surface area contributed by atoms with E-state index in [1.807, 2.05) is 6.08 Å². The van der Waals surface area contributed by atoms with Crippen molar-refractivity contribution in [2.24, 2.45) is 0 Å². The fourth-order valence-electron chi connectivity index (χ4n) is 1.58. The maximum absolute atomic E-state index is 9.05. The number of rotatable bonds is 5. The Balaban J connectivity index is 2.02. The Morgan fingerprint density at radius 2 is 2.33 bits per heavy atom. The van der Waals surface area contributed by atoms with E-state index < -0.39 is 0 Å². The minimum absolute atomic E-state index is 0.0471. The molecule has 0 aliphatic heterocycles. The normalized spacial score (nSPS) is 30.8. The Morgan fingerprint density at radius 1 is 1.67 bits per heavy atom. The highest BCUT2D eigenvalue weighted by Crippen LogP contribution is 2.20. The first kappa shape index (κ1) is 9.75. The van der Waals surface area contributed by atoms with E-state index in [2.05, 4.69) is 18.8 Å². The third kappa shape index (κ3) is 2.95. The minimum atomic E-state index is -0.0471. The molecule has 1 fully saturated rings. The Labute approximate surface area is 74.7 Å². The predicted octanol–water partition coefficient (Wildman–Crippen LogP) is 1.45. The number of allylic oxidation sites excluding steroid dienone is 1. The third-order valence-corrected chi connectivity index (χ3v) is 2.44. The number of nitrogens with one attached hydrogen (secondary N) is 1. The molecule has 0 amide bonds. The molecule has 1 aliphatic carbocycles. The average molecular weight is 169 g/mol. The van der Waals surface area contributed by atoms with E-state index in [0.717, 1.165) is 25.7 Å². The molecule has 1 atom stereocenters. The molecule has 2 N–H and O–H groups in total. The molecule has 0 radical (unpaired) electrons. The summed E-state index contributed by atoms with van der Waals surface area (Å²) < 4.78 is 0. The van der Waals surface area contributed by atoms with Gasteiger partial charge in [0.2, 0.25) is 0 Å². The van der Waals surface area contributed by atoms with Gasteiger partial charge in [-0.05, 0) is 32.6 Å². The maximum atomic E-state index is 9.05. The van der Waals surface area contributed by atoms with Crippen LogP contribution in [0.4, 0.5) is 0 Å². The summed E-state index contributed by atoms with van der Waals surface area (Å²) in [5.41, 5.74) is 0. The lowest BCUT2D eigenvalue weighted by atomic mass is 9.89. The molecule has 1 unspecified atom stereocenters. The van der Waals surface area contributed by atoms with Crippen LogP contribution < -0.4 is 5.32 Å². The summed E-state index contributed by atoms with van der Waals surface area (Å²) in [5, 5.41) is 12.5. The Morgan fingerprint density at radius 3 is 2.83 bits per heavy atom. The third-order valence-electron chi connectivity index (χ3n) is 2.44. The highest BCUT2D eigenvalue weighted by atomic mass is 16.3. The van der Waals surface area contributed by atoms with Crippen molar-refractivity contribution >= 4 is 0 Å². The molecule has 1 saturated carbocycles. The smallest absolute Gasteiger partial charge is 0.0570 e. The van der Waals surface area contributed by atoms with Gasteiger partial charge >= 0.3 is 0 Å². The zero-order valence-electron chi connectivity index (χ0n) is 7.79. The van der Waals surface area contributed by atoms with E-state index in [-0.39, 0.29) is 6.10 Å². The molecule has 0 aromatic carbocycles. The first-order valence-corrected chi connectivity index (χ1v) is 4.77. The standard InChI is InChI=1S/C10H19NO/c1-3-4-5-8(2)11-9-6-10(12)7-9/h3,8-12H,1,4-7H2,2H3. The average Bonchev–Trinajstić information content (AvgIpc) is 1.98. The Hall–Kier alpha value is -0.340. The molecule has 2 nitrogen and oxygen atoms in total. The molecule has 0 saturated heterocycles. The van der Waals surface area contributed by atoms with Crippen molar-refractivity contribution in [3.05, 3.63) is 12.7 Å². The van der Waals surface area contributed by atoms with E-state index in [1.165, 1.54) is 0 Å². The quantitative estimate of drug-likeness (QED) is 0.611. The van der Waals surface area contributed by atoms with Crippen LogP contribution in [-0.2, 0) is 0 Å². The molecule has 1 aliphatic rings. The van der Waals surface area contributed by atoms with Gasteiger partial charge in [0, 0.05) is 12.1 Å². The van der Waals surface area contributed by atoms with Crippen molar-refractivity contribution in [3.63, 3.8) is 0 Å². The van der Waals surface area contributed by atoms with Crippen LogP contribution in [0.1, 0.15) is 32.6 Å². The van der Waals surface area contributed by atoms with Crippen LogP contribution in [0.5, 0.6) is 0 Å². The van der Waals surface area contributed by atoms with Gasteiger partial charge in [-0.1, -0.05) is 6.08 Å². The van der Waals surface area contributed by atoms with Gasteiger partial charge in [-0.25, -0.2) is 0 Å². The molecule has 2 heteroatoms. The fourth-order valence-corrected chi connectivity index (χ4v) is 1.58. The van der Waals surface area contributed by atoms with Crippen molar-refractivity contribution in [2.45, 2.75) is 50.8 Å². The molecule has 12 heavy (non-hydrogen) atoms. The Kier molecular flexibility index (Phi) is 3.76. The molecule has 0 heterocycles. The van der Waals surface area contributed by atoms with Gasteiger partial charge < -0.3 is 10.4 Å². The molecular weight excluding hydrogens is 150 g/mol. The summed E-state index contributed by atoms with van der Waals surface area (Å²) in [6.07, 6.45) is 5.98. The molecule has 0 bridgehead atoms. The van der Waals surface area contributed by atoms with Crippen molar-refractivity contribution in [2.75, 3.05) is 0 Å². The van der Waals surface area contributed by atoms with Crippen LogP contribution in [0.15, 0.2) is 12.7 Å². The minimum Gasteiger partial charge on any atom is -0.393 e. The van der Waals surface area contributed by atoms with Crippen molar-refractivity contribution < 1.29 is 5.11 Å². The lowest BCUT2D eigenvalue weighted by Crippen LogP contribution is -2.47. The largest absolute Gasteiger partial charge is 0.393 e. The number of aliphatic hydroxyl groups excluding tert-OH is 1. The van der Waals surface area contributed by atoms with Gasteiger partial charge in [-0.3, -0.25) is 0 Å². The van der Waals surface area contributed by atoms with E-state index in [4.69, 9.17) is 5.11 Å². The van der Waals surface area contributed by atoms with E-state index in [9.17, 15) is 0 Å². The number of aliphatic hydroxyl groups is 1. The van der Waals surface area contributed by atoms with E-state index >= 15 is 0 Å². The maximum Gasteiger partial charge on any atom is 0.0570 e. The zero-order valence-corrected chi connectivity index (χ0v) is 7.79. The highest BCUT2D eigenvalue weighted by molar-refractivity contribution is 4.86. The molecule has 0 aromatic heterocycles. The number of hydrogen-bond donors (Lipinski definition) is 2.